The molecule has 4 nitrogen and oxygen atoms in total. The molecule has 1 aliphatic carbocycles. The molecule has 21 heavy (non-hydrogen) atoms. The van der Waals surface area contributed by atoms with Crippen molar-refractivity contribution in [1.82, 2.24) is 4.90 Å². The minimum Gasteiger partial charge on any atom is -0.397 e. The van der Waals surface area contributed by atoms with E-state index in [-0.39, 0.29) is 5.91 Å². The van der Waals surface area contributed by atoms with Crippen LogP contribution in [0.4, 0.5) is 11.4 Å². The fraction of sp³-hybridized carbons (Fsp3) is 0.562. The standard InChI is InChI=1S/C16H24ClN3O/c1-20(13-5-3-2-4-6-13)10-9-16(21)19-12-7-8-14(17)15(18)11-12/h7-8,11,13H,2-6,9-10,18H2,1H3,(H,19,21). The molecule has 0 atom stereocenters. The Balaban J connectivity index is 1.77. The largest absolute Gasteiger partial charge is 0.397 e. The molecule has 0 aromatic heterocycles. The smallest absolute Gasteiger partial charge is 0.225 e. The highest BCUT2D eigenvalue weighted by Gasteiger charge is 2.18. The van der Waals surface area contributed by atoms with E-state index in [4.69, 9.17) is 17.3 Å². The predicted octanol–water partition coefficient (Wildman–Crippen LogP) is 3.52. The van der Waals surface area contributed by atoms with Crippen LogP contribution >= 0.6 is 11.6 Å². The Morgan fingerprint density at radius 3 is 2.76 bits per heavy atom. The number of rotatable bonds is 5. The van der Waals surface area contributed by atoms with Crippen molar-refractivity contribution in [2.45, 2.75) is 44.6 Å². The van der Waals surface area contributed by atoms with Gasteiger partial charge in [0.1, 0.15) is 0 Å². The Morgan fingerprint density at radius 2 is 2.10 bits per heavy atom. The van der Waals surface area contributed by atoms with E-state index in [9.17, 15) is 4.79 Å². The fourth-order valence-corrected chi connectivity index (χ4v) is 2.94. The van der Waals surface area contributed by atoms with Gasteiger partial charge in [0.05, 0.1) is 10.7 Å². The van der Waals surface area contributed by atoms with Crippen molar-refractivity contribution in [3.63, 3.8) is 0 Å². The maximum atomic E-state index is 12.0. The quantitative estimate of drug-likeness (QED) is 0.818. The van der Waals surface area contributed by atoms with Gasteiger partial charge in [-0.3, -0.25) is 4.79 Å². The molecule has 116 valence electrons. The number of anilines is 2. The summed E-state index contributed by atoms with van der Waals surface area (Å²) in [5.41, 5.74) is 6.90. The molecule has 3 N–H and O–H groups in total. The number of carbonyl (C=O) groups is 1. The molecule has 1 aromatic rings. The van der Waals surface area contributed by atoms with Gasteiger partial charge >= 0.3 is 0 Å². The van der Waals surface area contributed by atoms with Crippen molar-refractivity contribution < 1.29 is 4.79 Å². The summed E-state index contributed by atoms with van der Waals surface area (Å²) in [5.74, 6) is 0.0133. The summed E-state index contributed by atoms with van der Waals surface area (Å²) in [6, 6.07) is 5.78. The molecule has 1 amide bonds. The minimum absolute atomic E-state index is 0.0133. The maximum Gasteiger partial charge on any atom is 0.225 e. The molecule has 0 saturated heterocycles. The summed E-state index contributed by atoms with van der Waals surface area (Å²) in [6.45, 7) is 0.791. The zero-order valence-corrected chi connectivity index (χ0v) is 13.3. The number of hydrogen-bond acceptors (Lipinski definition) is 3. The average Bonchev–Trinajstić information content (AvgIpc) is 2.49. The van der Waals surface area contributed by atoms with E-state index in [0.717, 1.165) is 6.54 Å². The Labute approximate surface area is 131 Å². The van der Waals surface area contributed by atoms with Crippen LogP contribution in [0.25, 0.3) is 0 Å². The molecule has 2 rings (SSSR count). The number of nitrogens with one attached hydrogen (secondary N) is 1. The van der Waals surface area contributed by atoms with Gasteiger partial charge in [-0.15, -0.1) is 0 Å². The second-order valence-electron chi connectivity index (χ2n) is 5.81. The van der Waals surface area contributed by atoms with Crippen LogP contribution < -0.4 is 11.1 Å². The highest BCUT2D eigenvalue weighted by atomic mass is 35.5. The average molecular weight is 310 g/mol. The topological polar surface area (TPSA) is 58.4 Å². The summed E-state index contributed by atoms with van der Waals surface area (Å²) in [6.07, 6.45) is 6.98. The molecule has 0 spiro atoms. The van der Waals surface area contributed by atoms with Crippen LogP contribution in [0.1, 0.15) is 38.5 Å². The monoisotopic (exact) mass is 309 g/mol. The summed E-state index contributed by atoms with van der Waals surface area (Å²) in [4.78, 5) is 14.3. The lowest BCUT2D eigenvalue weighted by molar-refractivity contribution is -0.116. The van der Waals surface area contributed by atoms with Crippen LogP contribution in [0.15, 0.2) is 18.2 Å². The second kappa shape index (κ2) is 7.66. The highest BCUT2D eigenvalue weighted by molar-refractivity contribution is 6.33. The van der Waals surface area contributed by atoms with E-state index in [0.29, 0.717) is 28.9 Å². The lowest BCUT2D eigenvalue weighted by Gasteiger charge is -2.30. The fourth-order valence-electron chi connectivity index (χ4n) is 2.83. The number of halogens is 1. The van der Waals surface area contributed by atoms with Gasteiger partial charge in [-0.05, 0) is 38.1 Å². The van der Waals surface area contributed by atoms with Crippen molar-refractivity contribution in [3.05, 3.63) is 23.2 Å². The lowest BCUT2D eigenvalue weighted by Crippen LogP contribution is -2.35. The van der Waals surface area contributed by atoms with E-state index in [1.807, 2.05) is 0 Å². The molecule has 0 heterocycles. The molecule has 0 radical (unpaired) electrons. The molecule has 0 bridgehead atoms. The van der Waals surface area contributed by atoms with Gasteiger partial charge in [-0.2, -0.15) is 0 Å². The van der Waals surface area contributed by atoms with Crippen LogP contribution in [-0.2, 0) is 4.79 Å². The van der Waals surface area contributed by atoms with E-state index in [1.165, 1.54) is 32.1 Å². The van der Waals surface area contributed by atoms with E-state index < -0.39 is 0 Å². The molecule has 1 saturated carbocycles. The first-order valence-corrected chi connectivity index (χ1v) is 7.99. The maximum absolute atomic E-state index is 12.0. The van der Waals surface area contributed by atoms with Crippen molar-refractivity contribution in [3.8, 4) is 0 Å². The van der Waals surface area contributed by atoms with Gasteiger partial charge < -0.3 is 16.0 Å². The van der Waals surface area contributed by atoms with Gasteiger partial charge in [0.25, 0.3) is 0 Å². The summed E-state index contributed by atoms with van der Waals surface area (Å²) in [7, 11) is 2.11. The molecule has 5 heteroatoms. The normalized spacial score (nSPS) is 16.1. The first-order chi connectivity index (χ1) is 10.1. The molecule has 0 unspecified atom stereocenters. The number of hydrogen-bond donors (Lipinski definition) is 2. The Bertz CT molecular complexity index is 486. The van der Waals surface area contributed by atoms with Crippen LogP contribution in [-0.4, -0.2) is 30.4 Å². The summed E-state index contributed by atoms with van der Waals surface area (Å²) >= 11 is 5.86. The number of carbonyl (C=O) groups excluding carboxylic acids is 1. The van der Waals surface area contributed by atoms with Gasteiger partial charge in [0.15, 0.2) is 0 Å². The van der Waals surface area contributed by atoms with Crippen molar-refractivity contribution in [2.75, 3.05) is 24.6 Å². The van der Waals surface area contributed by atoms with E-state index in [2.05, 4.69) is 17.3 Å². The van der Waals surface area contributed by atoms with Gasteiger partial charge in [-0.1, -0.05) is 30.9 Å². The summed E-state index contributed by atoms with van der Waals surface area (Å²) < 4.78 is 0. The number of nitrogens with zero attached hydrogens (tertiary/aromatic N) is 1. The van der Waals surface area contributed by atoms with Crippen molar-refractivity contribution in [1.29, 1.82) is 0 Å². The van der Waals surface area contributed by atoms with Gasteiger partial charge in [0.2, 0.25) is 5.91 Å². The van der Waals surface area contributed by atoms with Crippen LogP contribution in [0, 0.1) is 0 Å². The van der Waals surface area contributed by atoms with Gasteiger partial charge in [-0.25, -0.2) is 0 Å². The Hall–Kier alpha value is -1.26. The third-order valence-corrected chi connectivity index (χ3v) is 4.51. The second-order valence-corrected chi connectivity index (χ2v) is 6.21. The zero-order valence-electron chi connectivity index (χ0n) is 12.6. The SMILES string of the molecule is CN(CCC(=O)Nc1ccc(Cl)c(N)c1)C1CCCCC1. The zero-order chi connectivity index (χ0) is 15.2. The van der Waals surface area contributed by atoms with Crippen LogP contribution in [0.2, 0.25) is 5.02 Å². The minimum atomic E-state index is 0.0133. The number of benzene rings is 1. The highest BCUT2D eigenvalue weighted by Crippen LogP contribution is 2.23. The number of nitrogen functional groups attached to an aromatic ring is 1. The number of nitrogens with two attached hydrogens (primary N) is 1. The predicted molar refractivity (Wildman–Crippen MR) is 88.6 cm³/mol. The molecule has 1 fully saturated rings. The molecular formula is C16H24ClN3O. The first-order valence-electron chi connectivity index (χ1n) is 7.61. The third-order valence-electron chi connectivity index (χ3n) is 4.17. The molecule has 0 aliphatic heterocycles. The Kier molecular flexibility index (Phi) is 5.88. The molecular weight excluding hydrogens is 286 g/mol. The van der Waals surface area contributed by atoms with Crippen LogP contribution in [0.5, 0.6) is 0 Å². The first kappa shape index (κ1) is 16.1. The van der Waals surface area contributed by atoms with Crippen molar-refractivity contribution >= 4 is 28.9 Å². The van der Waals surface area contributed by atoms with E-state index >= 15 is 0 Å². The van der Waals surface area contributed by atoms with Crippen molar-refractivity contribution in [2.24, 2.45) is 0 Å². The number of amides is 1. The lowest BCUT2D eigenvalue weighted by atomic mass is 9.94. The Morgan fingerprint density at radius 1 is 1.38 bits per heavy atom. The van der Waals surface area contributed by atoms with Crippen LogP contribution in [0.3, 0.4) is 0 Å². The molecule has 1 aliphatic rings. The third kappa shape index (κ3) is 4.90. The summed E-state index contributed by atoms with van der Waals surface area (Å²) in [5, 5.41) is 3.37. The van der Waals surface area contributed by atoms with E-state index in [1.54, 1.807) is 18.2 Å². The molecule has 1 aromatic carbocycles. The van der Waals surface area contributed by atoms with Gasteiger partial charge in [0, 0.05) is 24.7 Å².